The molecule has 1 aliphatic heterocycles. The van der Waals surface area contributed by atoms with Gasteiger partial charge in [0, 0.05) is 17.8 Å². The molecule has 2 amide bonds. The van der Waals surface area contributed by atoms with Gasteiger partial charge in [0.1, 0.15) is 23.6 Å². The third kappa shape index (κ3) is 4.69. The van der Waals surface area contributed by atoms with Crippen molar-refractivity contribution < 1.29 is 23.5 Å². The first-order valence-electron chi connectivity index (χ1n) is 12.9. The van der Waals surface area contributed by atoms with Gasteiger partial charge in [-0.1, -0.05) is 36.6 Å². The summed E-state index contributed by atoms with van der Waals surface area (Å²) in [5.74, 6) is 1.48. The van der Waals surface area contributed by atoms with Gasteiger partial charge in [-0.3, -0.25) is 14.5 Å². The Morgan fingerprint density at radius 1 is 1.05 bits per heavy atom. The molecule has 0 radical (unpaired) electrons. The summed E-state index contributed by atoms with van der Waals surface area (Å²) in [7, 11) is 0. The molecular weight excluding hydrogens is 486 g/mol. The smallest absolute Gasteiger partial charge is 0.251 e. The molecule has 1 saturated carbocycles. The zero-order valence-corrected chi connectivity index (χ0v) is 21.1. The van der Waals surface area contributed by atoms with Crippen LogP contribution in [0, 0.1) is 6.92 Å². The van der Waals surface area contributed by atoms with Crippen LogP contribution in [-0.4, -0.2) is 39.6 Å². The van der Waals surface area contributed by atoms with Gasteiger partial charge < -0.3 is 19.2 Å². The molecule has 0 bridgehead atoms. The van der Waals surface area contributed by atoms with Crippen LogP contribution in [0.5, 0.6) is 11.5 Å². The van der Waals surface area contributed by atoms with Crippen molar-refractivity contribution in [2.45, 2.75) is 57.7 Å². The number of hydrogen-bond acceptors (Lipinski definition) is 7. The van der Waals surface area contributed by atoms with Crippen molar-refractivity contribution in [1.82, 2.24) is 20.3 Å². The van der Waals surface area contributed by atoms with Gasteiger partial charge in [0.25, 0.3) is 5.91 Å². The number of fused-ring (bicyclic) bond motifs is 2. The van der Waals surface area contributed by atoms with Crippen molar-refractivity contribution in [3.8, 4) is 11.5 Å². The lowest BCUT2D eigenvalue weighted by Gasteiger charge is -2.32. The first-order valence-corrected chi connectivity index (χ1v) is 12.9. The molecule has 1 atom stereocenters. The van der Waals surface area contributed by atoms with Crippen LogP contribution in [-0.2, 0) is 16.1 Å². The van der Waals surface area contributed by atoms with E-state index in [-0.39, 0.29) is 31.2 Å². The minimum absolute atomic E-state index is 0.0581. The van der Waals surface area contributed by atoms with Crippen LogP contribution >= 0.6 is 0 Å². The number of aryl methyl sites for hydroxylation is 1. The predicted octanol–water partition coefficient (Wildman–Crippen LogP) is 4.28. The van der Waals surface area contributed by atoms with Gasteiger partial charge in [-0.05, 0) is 56.2 Å². The molecule has 2 aliphatic rings. The molecule has 0 saturated heterocycles. The highest BCUT2D eigenvalue weighted by Crippen LogP contribution is 2.38. The Bertz CT molecular complexity index is 1470. The largest absolute Gasteiger partial charge is 0.464 e. The predicted molar refractivity (Wildman–Crippen MR) is 139 cm³/mol. The highest BCUT2D eigenvalue weighted by Gasteiger charge is 2.37. The summed E-state index contributed by atoms with van der Waals surface area (Å²) >= 11 is 0. The van der Waals surface area contributed by atoms with Crippen LogP contribution in [0.2, 0.25) is 0 Å². The summed E-state index contributed by atoms with van der Waals surface area (Å²) in [5, 5.41) is 11.6. The van der Waals surface area contributed by atoms with E-state index in [9.17, 15) is 9.59 Å². The number of amides is 2. The molecular formula is C28H29N5O5. The number of anilines is 1. The number of ether oxygens (including phenoxy) is 2. The van der Waals surface area contributed by atoms with E-state index >= 15 is 0 Å². The lowest BCUT2D eigenvalue weighted by atomic mass is 9.95. The van der Waals surface area contributed by atoms with Crippen molar-refractivity contribution in [3.05, 3.63) is 66.1 Å². The number of aromatic nitrogens is 3. The van der Waals surface area contributed by atoms with Crippen molar-refractivity contribution in [3.63, 3.8) is 0 Å². The summed E-state index contributed by atoms with van der Waals surface area (Å²) in [5.41, 5.74) is 1.90. The number of carbonyl (C=O) groups is 2. The van der Waals surface area contributed by atoms with Crippen LogP contribution in [0.1, 0.15) is 49.7 Å². The van der Waals surface area contributed by atoms with Gasteiger partial charge in [-0.15, -0.1) is 5.10 Å². The Balaban J connectivity index is 1.41. The third-order valence-corrected chi connectivity index (χ3v) is 7.10. The van der Waals surface area contributed by atoms with Crippen LogP contribution in [0.3, 0.4) is 0 Å². The Morgan fingerprint density at radius 2 is 1.87 bits per heavy atom. The molecule has 6 rings (SSSR count). The SMILES string of the molecule is Cc1ccc([C@H](C(=O)NC2CCCCC2)N(C(=O)Cn2nnc3ccccc32)c2ccc3c(c2)OCO3)o1. The molecule has 10 heteroatoms. The van der Waals surface area contributed by atoms with Gasteiger partial charge in [-0.2, -0.15) is 0 Å². The van der Waals surface area contributed by atoms with Crippen LogP contribution in [0.15, 0.2) is 59.0 Å². The topological polar surface area (TPSA) is 112 Å². The first-order chi connectivity index (χ1) is 18.6. The zero-order chi connectivity index (χ0) is 26.1. The average Bonchev–Trinajstić information content (AvgIpc) is 3.67. The van der Waals surface area contributed by atoms with E-state index in [1.54, 1.807) is 35.0 Å². The maximum Gasteiger partial charge on any atom is 0.251 e. The van der Waals surface area contributed by atoms with E-state index < -0.39 is 6.04 Å². The fourth-order valence-electron chi connectivity index (χ4n) is 5.21. The van der Waals surface area contributed by atoms with E-state index in [1.165, 1.54) is 11.3 Å². The third-order valence-electron chi connectivity index (χ3n) is 7.10. The van der Waals surface area contributed by atoms with E-state index in [0.29, 0.717) is 34.2 Å². The highest BCUT2D eigenvalue weighted by molar-refractivity contribution is 6.01. The minimum Gasteiger partial charge on any atom is -0.464 e. The second kappa shape index (κ2) is 10.2. The number of nitrogens with zero attached hydrogens (tertiary/aromatic N) is 4. The monoisotopic (exact) mass is 515 g/mol. The number of carbonyl (C=O) groups excluding carboxylic acids is 2. The Kier molecular flexibility index (Phi) is 6.45. The lowest BCUT2D eigenvalue weighted by molar-refractivity contribution is -0.128. The van der Waals surface area contributed by atoms with E-state index in [2.05, 4.69) is 15.6 Å². The highest BCUT2D eigenvalue weighted by atomic mass is 16.7. The van der Waals surface area contributed by atoms with Gasteiger partial charge in [0.05, 0.1) is 5.52 Å². The van der Waals surface area contributed by atoms with Crippen LogP contribution in [0.25, 0.3) is 11.0 Å². The first kappa shape index (κ1) is 24.0. The molecule has 4 aromatic rings. The molecule has 10 nitrogen and oxygen atoms in total. The fraction of sp³-hybridized carbons (Fsp3) is 0.357. The van der Waals surface area contributed by atoms with Crippen molar-refractivity contribution in [1.29, 1.82) is 0 Å². The molecule has 196 valence electrons. The van der Waals surface area contributed by atoms with Crippen LogP contribution < -0.4 is 19.7 Å². The van der Waals surface area contributed by atoms with E-state index in [0.717, 1.165) is 31.2 Å². The summed E-state index contributed by atoms with van der Waals surface area (Å²) in [6, 6.07) is 15.2. The Hall–Kier alpha value is -4.34. The van der Waals surface area contributed by atoms with E-state index in [4.69, 9.17) is 13.9 Å². The summed E-state index contributed by atoms with van der Waals surface area (Å²) in [6.45, 7) is 1.79. The summed E-state index contributed by atoms with van der Waals surface area (Å²) in [4.78, 5) is 29.5. The molecule has 1 aliphatic carbocycles. The van der Waals surface area contributed by atoms with Gasteiger partial charge >= 0.3 is 0 Å². The summed E-state index contributed by atoms with van der Waals surface area (Å²) in [6.07, 6.45) is 5.14. The van der Waals surface area contributed by atoms with Gasteiger partial charge in [-0.25, -0.2) is 4.68 Å². The minimum atomic E-state index is -1.03. The molecule has 1 N–H and O–H groups in total. The van der Waals surface area contributed by atoms with Crippen molar-refractivity contribution in [2.24, 2.45) is 0 Å². The fourth-order valence-corrected chi connectivity index (χ4v) is 5.21. The molecule has 2 aromatic heterocycles. The maximum absolute atomic E-state index is 14.1. The molecule has 0 unspecified atom stereocenters. The van der Waals surface area contributed by atoms with E-state index in [1.807, 2.05) is 31.2 Å². The number of furan rings is 1. The van der Waals surface area contributed by atoms with Crippen molar-refractivity contribution in [2.75, 3.05) is 11.7 Å². The maximum atomic E-state index is 14.1. The normalized spacial score (nSPS) is 15.9. The average molecular weight is 516 g/mol. The Labute approximate surface area is 219 Å². The number of para-hydroxylation sites is 1. The molecule has 0 spiro atoms. The summed E-state index contributed by atoms with van der Waals surface area (Å²) < 4.78 is 18.6. The molecule has 3 heterocycles. The second-order valence-corrected chi connectivity index (χ2v) is 9.73. The lowest BCUT2D eigenvalue weighted by Crippen LogP contribution is -2.48. The number of hydrogen-bond donors (Lipinski definition) is 1. The molecule has 38 heavy (non-hydrogen) atoms. The van der Waals surface area contributed by atoms with Gasteiger partial charge in [0.15, 0.2) is 17.5 Å². The molecule has 1 fully saturated rings. The Morgan fingerprint density at radius 3 is 2.68 bits per heavy atom. The quantitative estimate of drug-likeness (QED) is 0.391. The standard InChI is InChI=1S/C28H29N5O5/c1-18-11-13-24(38-18)27(28(35)29-19-7-3-2-4-8-19)33(20-12-14-23-25(15-20)37-17-36-23)26(34)16-32-22-10-6-5-9-21(22)30-31-32/h5-6,9-15,19,27H,2-4,7-8,16-17H2,1H3,(H,29,35)/t27-/m1/s1. The zero-order valence-electron chi connectivity index (χ0n) is 21.1. The number of benzene rings is 2. The number of nitrogens with one attached hydrogen (secondary N) is 1. The van der Waals surface area contributed by atoms with Gasteiger partial charge in [0.2, 0.25) is 12.7 Å². The number of rotatable bonds is 7. The molecule has 2 aromatic carbocycles. The second-order valence-electron chi connectivity index (χ2n) is 9.73. The van der Waals surface area contributed by atoms with Crippen LogP contribution in [0.4, 0.5) is 5.69 Å². The van der Waals surface area contributed by atoms with Crippen molar-refractivity contribution >= 4 is 28.5 Å².